The minimum absolute atomic E-state index is 0.0908. The van der Waals surface area contributed by atoms with Crippen LogP contribution in [0.4, 0.5) is 0 Å². The topological polar surface area (TPSA) is 26.3 Å². The van der Waals surface area contributed by atoms with Crippen LogP contribution in [0.15, 0.2) is 30.3 Å². The average Bonchev–Trinajstić information content (AvgIpc) is 2.19. The maximum atomic E-state index is 11.3. The third kappa shape index (κ3) is 3.82. The first-order valence-electron chi connectivity index (χ1n) is 4.26. The van der Waals surface area contributed by atoms with E-state index in [1.807, 2.05) is 37.3 Å². The van der Waals surface area contributed by atoms with E-state index in [9.17, 15) is 4.79 Å². The third-order valence-corrected chi connectivity index (χ3v) is 4.78. The van der Waals surface area contributed by atoms with Crippen molar-refractivity contribution in [3.05, 3.63) is 30.3 Å². The molecule has 2 nitrogen and oxygen atoms in total. The quantitative estimate of drug-likeness (QED) is 0.475. The van der Waals surface area contributed by atoms with Gasteiger partial charge in [0.15, 0.2) is 0 Å². The van der Waals surface area contributed by atoms with Crippen molar-refractivity contribution >= 4 is 41.3 Å². The Morgan fingerprint density at radius 2 is 2.14 bits per heavy atom. The van der Waals surface area contributed by atoms with Gasteiger partial charge >= 0.3 is 98.4 Å². The number of esters is 1. The van der Waals surface area contributed by atoms with Crippen molar-refractivity contribution in [2.24, 2.45) is 0 Å². The second kappa shape index (κ2) is 6.23. The molecule has 1 aromatic rings. The second-order valence-corrected chi connectivity index (χ2v) is 7.25. The van der Waals surface area contributed by atoms with Gasteiger partial charge in [0.2, 0.25) is 0 Å². The van der Waals surface area contributed by atoms with Crippen LogP contribution in [0.5, 0.6) is 0 Å². The number of carbonyl (C=O) groups excluding carboxylic acids is 1. The number of hydrogen-bond acceptors (Lipinski definition) is 2. The number of benzene rings is 1. The molecule has 0 bridgehead atoms. The van der Waals surface area contributed by atoms with E-state index in [0.29, 0.717) is 6.61 Å². The van der Waals surface area contributed by atoms with Crippen LogP contribution in [-0.2, 0) is 9.53 Å². The predicted molar refractivity (Wildman–Crippen MR) is 61.2 cm³/mol. The summed E-state index contributed by atoms with van der Waals surface area (Å²) in [6, 6.07) is 9.96. The van der Waals surface area contributed by atoms with Crippen LogP contribution in [0.2, 0.25) is 0 Å². The molecule has 14 heavy (non-hydrogen) atoms. The minimum atomic E-state index is -0.183. The first kappa shape index (κ1) is 11.8. The second-order valence-electron chi connectivity index (χ2n) is 2.50. The van der Waals surface area contributed by atoms with Gasteiger partial charge in [-0.1, -0.05) is 0 Å². The van der Waals surface area contributed by atoms with Gasteiger partial charge in [0, 0.05) is 0 Å². The Kier molecular flexibility index (Phi) is 5.23. The molecule has 0 saturated carbocycles. The molecule has 76 valence electrons. The molecule has 0 aliphatic rings. The molecule has 1 atom stereocenters. The Bertz CT molecular complexity index is 289. The van der Waals surface area contributed by atoms with Gasteiger partial charge in [-0.25, -0.2) is 0 Å². The Morgan fingerprint density at radius 3 is 2.71 bits per heavy atom. The first-order chi connectivity index (χ1) is 6.74. The van der Waals surface area contributed by atoms with Gasteiger partial charge < -0.3 is 0 Å². The monoisotopic (exact) mass is 322 g/mol. The number of carbonyl (C=O) groups is 1. The summed E-state index contributed by atoms with van der Waals surface area (Å²) in [6.07, 6.45) is 0. The number of rotatable bonds is 4. The molecule has 0 aliphatic carbocycles. The number of ether oxygens (including phenoxy) is 1. The Balaban J connectivity index is 2.49. The van der Waals surface area contributed by atoms with Crippen molar-refractivity contribution in [3.63, 3.8) is 0 Å². The fourth-order valence-electron chi connectivity index (χ4n) is 0.874. The summed E-state index contributed by atoms with van der Waals surface area (Å²) < 4.78 is 5.91. The van der Waals surface area contributed by atoms with E-state index >= 15 is 0 Å². The van der Waals surface area contributed by atoms with Crippen LogP contribution in [0.25, 0.3) is 0 Å². The summed E-state index contributed by atoms with van der Waals surface area (Å²) >= 11 is 3.43. The van der Waals surface area contributed by atoms with Gasteiger partial charge in [0.25, 0.3) is 0 Å². The van der Waals surface area contributed by atoms with Crippen LogP contribution >= 0.6 is 15.9 Å². The molecule has 0 N–H and O–H groups in total. The van der Waals surface area contributed by atoms with E-state index in [2.05, 4.69) is 15.9 Å². The number of hydrogen-bond donors (Lipinski definition) is 0. The SMILES string of the molecule is CCOC(=O)C(Br)[Se]c1ccccc1. The summed E-state index contributed by atoms with van der Waals surface area (Å²) in [5.74, 6) is -0.170. The Morgan fingerprint density at radius 1 is 1.50 bits per heavy atom. The molecular formula is C10H11BrO2Se. The third-order valence-electron chi connectivity index (χ3n) is 1.45. The van der Waals surface area contributed by atoms with Gasteiger partial charge in [0.05, 0.1) is 0 Å². The van der Waals surface area contributed by atoms with E-state index in [1.165, 1.54) is 4.46 Å². The molecule has 0 radical (unpaired) electrons. The van der Waals surface area contributed by atoms with E-state index in [1.54, 1.807) is 0 Å². The summed E-state index contributed by atoms with van der Waals surface area (Å²) in [7, 11) is 0. The van der Waals surface area contributed by atoms with Gasteiger partial charge in [-0.05, 0) is 0 Å². The maximum absolute atomic E-state index is 11.3. The molecule has 1 rings (SSSR count). The van der Waals surface area contributed by atoms with Crippen molar-refractivity contribution in [3.8, 4) is 0 Å². The van der Waals surface area contributed by atoms with Crippen LogP contribution in [0, 0.1) is 0 Å². The number of alkyl halides is 1. The van der Waals surface area contributed by atoms with Gasteiger partial charge in [0.1, 0.15) is 0 Å². The van der Waals surface area contributed by atoms with Crippen LogP contribution in [0.1, 0.15) is 6.92 Å². The summed E-state index contributed by atoms with van der Waals surface area (Å²) in [4.78, 5) is 11.3. The van der Waals surface area contributed by atoms with Crippen molar-refractivity contribution < 1.29 is 9.53 Å². The zero-order valence-corrected chi connectivity index (χ0v) is 11.1. The molecule has 0 aromatic heterocycles. The normalized spacial score (nSPS) is 12.1. The molecule has 4 heteroatoms. The average molecular weight is 322 g/mol. The zero-order chi connectivity index (χ0) is 10.4. The van der Waals surface area contributed by atoms with Crippen molar-refractivity contribution in [2.75, 3.05) is 6.61 Å². The fraction of sp³-hybridized carbons (Fsp3) is 0.300. The fourth-order valence-corrected chi connectivity index (χ4v) is 3.63. The van der Waals surface area contributed by atoms with Crippen molar-refractivity contribution in [1.29, 1.82) is 0 Å². The Hall–Kier alpha value is -0.311. The van der Waals surface area contributed by atoms with Crippen LogP contribution < -0.4 is 4.46 Å². The molecule has 1 unspecified atom stereocenters. The zero-order valence-electron chi connectivity index (χ0n) is 7.77. The van der Waals surface area contributed by atoms with Crippen LogP contribution in [-0.4, -0.2) is 31.3 Å². The van der Waals surface area contributed by atoms with Gasteiger partial charge in [-0.2, -0.15) is 0 Å². The Labute approximate surface area is 98.3 Å². The van der Waals surface area contributed by atoms with Gasteiger partial charge in [-0.3, -0.25) is 0 Å². The molecule has 1 aromatic carbocycles. The van der Waals surface area contributed by atoms with Crippen molar-refractivity contribution in [1.82, 2.24) is 0 Å². The molecular weight excluding hydrogens is 311 g/mol. The van der Waals surface area contributed by atoms with E-state index < -0.39 is 0 Å². The first-order valence-corrected chi connectivity index (χ1v) is 7.02. The van der Waals surface area contributed by atoms with E-state index in [0.717, 1.165) is 0 Å². The standard InChI is InChI=1S/C10H11BrO2Se/c1-2-13-10(12)9(11)14-8-6-4-3-5-7-8/h3-7,9H,2H2,1H3. The number of halogens is 1. The van der Waals surface area contributed by atoms with Crippen LogP contribution in [0.3, 0.4) is 0 Å². The predicted octanol–water partition coefficient (Wildman–Crippen LogP) is 1.30. The molecule has 0 aliphatic heterocycles. The van der Waals surface area contributed by atoms with E-state index in [-0.39, 0.29) is 24.7 Å². The molecule has 0 heterocycles. The molecule has 0 saturated heterocycles. The van der Waals surface area contributed by atoms with Crippen molar-refractivity contribution in [2.45, 2.75) is 10.6 Å². The molecule has 0 spiro atoms. The molecule has 0 amide bonds. The summed E-state index contributed by atoms with van der Waals surface area (Å²) in [5.41, 5.74) is 0. The van der Waals surface area contributed by atoms with Gasteiger partial charge in [-0.15, -0.1) is 0 Å². The molecule has 0 fully saturated rings. The summed E-state index contributed by atoms with van der Waals surface area (Å²) in [6.45, 7) is 2.25. The summed E-state index contributed by atoms with van der Waals surface area (Å²) in [5, 5.41) is 0. The van der Waals surface area contributed by atoms with E-state index in [4.69, 9.17) is 4.74 Å².